The van der Waals surface area contributed by atoms with E-state index >= 15 is 0 Å². The Morgan fingerprint density at radius 1 is 1.13 bits per heavy atom. The maximum absolute atomic E-state index is 2.24. The van der Waals surface area contributed by atoms with E-state index in [4.69, 9.17) is 0 Å². The molecule has 84 valence electrons. The summed E-state index contributed by atoms with van der Waals surface area (Å²) in [7, 11) is 0. The number of allylic oxidation sites excluding steroid dienone is 2. The molecule has 0 spiro atoms. The van der Waals surface area contributed by atoms with E-state index in [0.29, 0.717) is 5.92 Å². The van der Waals surface area contributed by atoms with Gasteiger partial charge >= 0.3 is 0 Å². The van der Waals surface area contributed by atoms with Crippen LogP contribution in [0.15, 0.2) is 30.3 Å². The molecule has 0 unspecified atom stereocenters. The molecule has 0 saturated carbocycles. The standard InChI is InChI=1S/C13H18.C2H6/c1-5-12(10(2)3)13-9-7-6-8-11(13)4;1-2/h5-10H,1-4H3;1-2H3/b12-5-;. The van der Waals surface area contributed by atoms with Crippen LogP contribution in [0.2, 0.25) is 0 Å². The fourth-order valence-electron chi connectivity index (χ4n) is 1.70. The second-order valence-electron chi connectivity index (χ2n) is 3.71. The van der Waals surface area contributed by atoms with Crippen LogP contribution in [-0.2, 0) is 0 Å². The highest BCUT2D eigenvalue weighted by atomic mass is 14.1. The maximum atomic E-state index is 2.24. The average Bonchev–Trinajstić information content (AvgIpc) is 2.24. The third kappa shape index (κ3) is 3.91. The van der Waals surface area contributed by atoms with Crippen LogP contribution in [0.1, 0.15) is 45.7 Å². The van der Waals surface area contributed by atoms with Gasteiger partial charge in [-0.05, 0) is 36.5 Å². The quantitative estimate of drug-likeness (QED) is 0.630. The molecule has 0 fully saturated rings. The highest BCUT2D eigenvalue weighted by Crippen LogP contribution is 2.25. The van der Waals surface area contributed by atoms with E-state index in [1.54, 1.807) is 0 Å². The number of hydrogen-bond acceptors (Lipinski definition) is 0. The molecule has 0 aromatic heterocycles. The lowest BCUT2D eigenvalue weighted by atomic mass is 9.92. The summed E-state index contributed by atoms with van der Waals surface area (Å²) in [6, 6.07) is 8.56. The summed E-state index contributed by atoms with van der Waals surface area (Å²) in [5.41, 5.74) is 4.20. The lowest BCUT2D eigenvalue weighted by Gasteiger charge is -2.13. The third-order valence-corrected chi connectivity index (χ3v) is 2.39. The molecule has 0 nitrogen and oxygen atoms in total. The Hall–Kier alpha value is -1.04. The topological polar surface area (TPSA) is 0 Å². The van der Waals surface area contributed by atoms with Gasteiger partial charge in [0, 0.05) is 0 Å². The summed E-state index contributed by atoms with van der Waals surface area (Å²) in [5, 5.41) is 0. The van der Waals surface area contributed by atoms with Gasteiger partial charge in [0.25, 0.3) is 0 Å². The van der Waals surface area contributed by atoms with Gasteiger partial charge in [0.05, 0.1) is 0 Å². The molecule has 0 bridgehead atoms. The summed E-state index contributed by atoms with van der Waals surface area (Å²) in [5.74, 6) is 0.603. The molecular formula is C15H24. The highest BCUT2D eigenvalue weighted by molar-refractivity contribution is 5.69. The predicted molar refractivity (Wildman–Crippen MR) is 71.0 cm³/mol. The normalized spacial score (nSPS) is 11.0. The van der Waals surface area contributed by atoms with Crippen molar-refractivity contribution in [2.45, 2.75) is 41.5 Å². The smallest absolute Gasteiger partial charge is 0.0196 e. The van der Waals surface area contributed by atoms with Crippen LogP contribution in [0.3, 0.4) is 0 Å². The maximum Gasteiger partial charge on any atom is -0.0196 e. The Kier molecular flexibility index (Phi) is 6.77. The summed E-state index contributed by atoms with van der Waals surface area (Å²) >= 11 is 0. The van der Waals surface area contributed by atoms with E-state index < -0.39 is 0 Å². The van der Waals surface area contributed by atoms with Crippen LogP contribution in [0.4, 0.5) is 0 Å². The lowest BCUT2D eigenvalue weighted by molar-refractivity contribution is 0.852. The van der Waals surface area contributed by atoms with E-state index in [1.807, 2.05) is 13.8 Å². The Bertz CT molecular complexity index is 306. The number of aryl methyl sites for hydroxylation is 1. The molecule has 15 heavy (non-hydrogen) atoms. The van der Waals surface area contributed by atoms with Crippen molar-refractivity contribution in [3.63, 3.8) is 0 Å². The Morgan fingerprint density at radius 3 is 2.07 bits per heavy atom. The fourth-order valence-corrected chi connectivity index (χ4v) is 1.70. The van der Waals surface area contributed by atoms with Crippen molar-refractivity contribution in [3.05, 3.63) is 41.5 Å². The zero-order valence-corrected chi connectivity index (χ0v) is 11.0. The summed E-state index contributed by atoms with van der Waals surface area (Å²) in [4.78, 5) is 0. The first kappa shape index (κ1) is 14.0. The zero-order valence-electron chi connectivity index (χ0n) is 11.0. The van der Waals surface area contributed by atoms with Crippen molar-refractivity contribution in [3.8, 4) is 0 Å². The van der Waals surface area contributed by atoms with E-state index in [9.17, 15) is 0 Å². The van der Waals surface area contributed by atoms with Gasteiger partial charge in [-0.2, -0.15) is 0 Å². The largest absolute Gasteiger partial charge is 0.0836 e. The average molecular weight is 204 g/mol. The Morgan fingerprint density at radius 2 is 1.67 bits per heavy atom. The molecule has 1 rings (SSSR count). The van der Waals surface area contributed by atoms with Gasteiger partial charge in [-0.3, -0.25) is 0 Å². The summed E-state index contributed by atoms with van der Waals surface area (Å²) < 4.78 is 0. The predicted octanol–water partition coefficient (Wildman–Crippen LogP) is 5.08. The van der Waals surface area contributed by atoms with Crippen LogP contribution in [-0.4, -0.2) is 0 Å². The van der Waals surface area contributed by atoms with Crippen LogP contribution in [0.5, 0.6) is 0 Å². The van der Waals surface area contributed by atoms with Crippen molar-refractivity contribution in [1.29, 1.82) is 0 Å². The minimum Gasteiger partial charge on any atom is -0.0836 e. The molecule has 0 heteroatoms. The van der Waals surface area contributed by atoms with Gasteiger partial charge in [-0.1, -0.05) is 58.0 Å². The van der Waals surface area contributed by atoms with Crippen LogP contribution in [0, 0.1) is 12.8 Å². The molecule has 1 aromatic carbocycles. The van der Waals surface area contributed by atoms with Crippen molar-refractivity contribution < 1.29 is 0 Å². The van der Waals surface area contributed by atoms with E-state index in [2.05, 4.69) is 58.0 Å². The lowest BCUT2D eigenvalue weighted by Crippen LogP contribution is -1.95. The molecular weight excluding hydrogens is 180 g/mol. The van der Waals surface area contributed by atoms with Crippen molar-refractivity contribution in [2.75, 3.05) is 0 Å². The van der Waals surface area contributed by atoms with Gasteiger partial charge in [-0.25, -0.2) is 0 Å². The molecule has 0 saturated heterocycles. The minimum absolute atomic E-state index is 0.603. The molecule has 0 amide bonds. The molecule has 1 aromatic rings. The van der Waals surface area contributed by atoms with E-state index in [0.717, 1.165) is 0 Å². The second-order valence-corrected chi connectivity index (χ2v) is 3.71. The summed E-state index contributed by atoms with van der Waals surface area (Å²) in [6.45, 7) is 12.8. The van der Waals surface area contributed by atoms with E-state index in [-0.39, 0.29) is 0 Å². The molecule has 0 radical (unpaired) electrons. The molecule has 0 heterocycles. The molecule has 0 aliphatic rings. The van der Waals surface area contributed by atoms with Gasteiger partial charge in [0.2, 0.25) is 0 Å². The van der Waals surface area contributed by atoms with Crippen LogP contribution < -0.4 is 0 Å². The van der Waals surface area contributed by atoms with Gasteiger partial charge in [-0.15, -0.1) is 0 Å². The fraction of sp³-hybridized carbons (Fsp3) is 0.467. The monoisotopic (exact) mass is 204 g/mol. The molecule has 0 atom stereocenters. The first-order valence-corrected chi connectivity index (χ1v) is 5.89. The zero-order chi connectivity index (χ0) is 11.8. The minimum atomic E-state index is 0.603. The first-order valence-electron chi connectivity index (χ1n) is 5.89. The first-order chi connectivity index (χ1) is 7.16. The van der Waals surface area contributed by atoms with Crippen molar-refractivity contribution >= 4 is 5.57 Å². The third-order valence-electron chi connectivity index (χ3n) is 2.39. The Labute approximate surface area is 95.0 Å². The summed E-state index contributed by atoms with van der Waals surface area (Å²) in [6.07, 6.45) is 2.22. The highest BCUT2D eigenvalue weighted by Gasteiger charge is 2.06. The van der Waals surface area contributed by atoms with Gasteiger partial charge in [0.1, 0.15) is 0 Å². The molecule has 0 N–H and O–H groups in total. The number of rotatable bonds is 2. The van der Waals surface area contributed by atoms with E-state index in [1.165, 1.54) is 16.7 Å². The second kappa shape index (κ2) is 7.28. The van der Waals surface area contributed by atoms with Crippen molar-refractivity contribution in [1.82, 2.24) is 0 Å². The van der Waals surface area contributed by atoms with Crippen LogP contribution in [0.25, 0.3) is 5.57 Å². The Balaban J connectivity index is 0.000000921. The van der Waals surface area contributed by atoms with Crippen LogP contribution >= 0.6 is 0 Å². The number of hydrogen-bond donors (Lipinski definition) is 0. The number of benzene rings is 1. The molecule has 0 aliphatic carbocycles. The SMILES string of the molecule is C/C=C(\c1ccccc1C)C(C)C.CC. The van der Waals surface area contributed by atoms with Gasteiger partial charge < -0.3 is 0 Å². The van der Waals surface area contributed by atoms with Crippen molar-refractivity contribution in [2.24, 2.45) is 5.92 Å². The van der Waals surface area contributed by atoms with Gasteiger partial charge in [0.15, 0.2) is 0 Å². The molecule has 0 aliphatic heterocycles.